The first-order valence-electron chi connectivity index (χ1n) is 8.99. The molecule has 0 saturated heterocycles. The van der Waals surface area contributed by atoms with Crippen molar-refractivity contribution in [2.24, 2.45) is 28.6 Å². The zero-order valence-corrected chi connectivity index (χ0v) is 14.8. The first-order chi connectivity index (χ1) is 9.95. The molecule has 0 bridgehead atoms. The Labute approximate surface area is 132 Å². The lowest BCUT2D eigenvalue weighted by Crippen LogP contribution is -2.50. The van der Waals surface area contributed by atoms with Crippen LogP contribution in [0.4, 0.5) is 0 Å². The van der Waals surface area contributed by atoms with Crippen LogP contribution in [-0.4, -0.2) is 11.4 Å². The maximum atomic E-state index is 8.03. The summed E-state index contributed by atoms with van der Waals surface area (Å²) >= 11 is 0. The van der Waals surface area contributed by atoms with E-state index in [-0.39, 0.29) is 0 Å². The Balaban J connectivity index is 1.69. The predicted molar refractivity (Wildman–Crippen MR) is 92.9 cm³/mol. The van der Waals surface area contributed by atoms with Gasteiger partial charge < -0.3 is 5.41 Å². The summed E-state index contributed by atoms with van der Waals surface area (Å²) in [6.45, 7) is 5.13. The van der Waals surface area contributed by atoms with Crippen LogP contribution in [0.5, 0.6) is 0 Å². The molecule has 0 aromatic rings. The van der Waals surface area contributed by atoms with Gasteiger partial charge >= 0.3 is 0 Å². The summed E-state index contributed by atoms with van der Waals surface area (Å²) in [4.78, 5) is 0. The molecule has 7 unspecified atom stereocenters. The lowest BCUT2D eigenvalue weighted by atomic mass is 9.47. The second-order valence-corrected chi connectivity index (χ2v) is 9.56. The lowest BCUT2D eigenvalue weighted by Gasteiger charge is -2.58. The molecule has 0 aromatic heterocycles. The second kappa shape index (κ2) is 4.67. The van der Waals surface area contributed by atoms with Gasteiger partial charge in [0.2, 0.25) is 0 Å². The molecule has 1 nitrogen and oxygen atoms in total. The first-order valence-corrected chi connectivity index (χ1v) is 9.66. The molecular weight excluding hydrogens is 273 g/mol. The van der Waals surface area contributed by atoms with Crippen molar-refractivity contribution in [3.8, 4) is 0 Å². The summed E-state index contributed by atoms with van der Waals surface area (Å²) in [6.07, 6.45) is 12.9. The van der Waals surface area contributed by atoms with Crippen LogP contribution in [-0.2, 0) is 0 Å². The number of hydrogen-bond acceptors (Lipinski definition) is 1. The molecule has 0 spiro atoms. The highest BCUT2D eigenvalue weighted by Crippen LogP contribution is 2.66. The fourth-order valence-corrected chi connectivity index (χ4v) is 7.23. The van der Waals surface area contributed by atoms with Crippen molar-refractivity contribution in [2.45, 2.75) is 70.9 Å². The summed E-state index contributed by atoms with van der Waals surface area (Å²) in [7, 11) is 3.17. The molecule has 0 amide bonds. The molecule has 116 valence electrons. The van der Waals surface area contributed by atoms with E-state index < -0.39 is 0 Å². The number of rotatable bonds is 0. The van der Waals surface area contributed by atoms with Crippen LogP contribution in [0.15, 0.2) is 11.6 Å². The van der Waals surface area contributed by atoms with E-state index in [1.54, 1.807) is 5.57 Å². The van der Waals surface area contributed by atoms with Crippen molar-refractivity contribution >= 4 is 15.0 Å². The standard InChI is InChI=1S/C19H30NP/c1-18-9-7-13(20)11-12(18)3-4-14-15-5-6-17(21)19(15,2)10-8-16(14)18/h11,14-17,20H,3-10,21H2,1-2H3. The van der Waals surface area contributed by atoms with Crippen molar-refractivity contribution in [3.63, 3.8) is 0 Å². The van der Waals surface area contributed by atoms with Gasteiger partial charge in [0.15, 0.2) is 0 Å². The van der Waals surface area contributed by atoms with Crippen LogP contribution in [0.3, 0.4) is 0 Å². The average molecular weight is 303 g/mol. The van der Waals surface area contributed by atoms with Gasteiger partial charge in [-0.2, -0.15) is 0 Å². The van der Waals surface area contributed by atoms with E-state index >= 15 is 0 Å². The van der Waals surface area contributed by atoms with Gasteiger partial charge in [-0.05, 0) is 91.7 Å². The van der Waals surface area contributed by atoms with Gasteiger partial charge in [-0.1, -0.05) is 19.4 Å². The molecular formula is C19H30NP. The van der Waals surface area contributed by atoms with Crippen LogP contribution in [0.25, 0.3) is 0 Å². The van der Waals surface area contributed by atoms with Gasteiger partial charge in [0.25, 0.3) is 0 Å². The third-order valence-electron chi connectivity index (χ3n) is 8.07. The molecule has 0 heterocycles. The first kappa shape index (κ1) is 14.4. The third-order valence-corrected chi connectivity index (χ3v) is 9.17. The summed E-state index contributed by atoms with van der Waals surface area (Å²) in [6, 6.07) is 0. The zero-order chi connectivity index (χ0) is 14.8. The van der Waals surface area contributed by atoms with E-state index in [0.29, 0.717) is 10.8 Å². The monoisotopic (exact) mass is 303 g/mol. The number of fused-ring (bicyclic) bond motifs is 5. The van der Waals surface area contributed by atoms with Crippen LogP contribution in [0, 0.1) is 34.0 Å². The quantitative estimate of drug-likeness (QED) is 0.594. The van der Waals surface area contributed by atoms with E-state index in [0.717, 1.165) is 35.5 Å². The number of nitrogens with one attached hydrogen (secondary N) is 1. The van der Waals surface area contributed by atoms with Crippen LogP contribution in [0.2, 0.25) is 0 Å². The van der Waals surface area contributed by atoms with E-state index in [4.69, 9.17) is 5.41 Å². The Kier molecular flexibility index (Phi) is 3.21. The molecule has 4 aliphatic rings. The highest BCUT2D eigenvalue weighted by atomic mass is 31.0. The van der Waals surface area contributed by atoms with Gasteiger partial charge in [0.1, 0.15) is 0 Å². The Morgan fingerprint density at radius 1 is 1.05 bits per heavy atom. The molecule has 1 N–H and O–H groups in total. The highest BCUT2D eigenvalue weighted by molar-refractivity contribution is 7.17. The maximum Gasteiger partial charge on any atom is 0.0314 e. The molecule has 3 saturated carbocycles. The fraction of sp³-hybridized carbons (Fsp3) is 0.842. The Morgan fingerprint density at radius 2 is 1.86 bits per heavy atom. The van der Waals surface area contributed by atoms with Gasteiger partial charge in [-0.3, -0.25) is 0 Å². The maximum absolute atomic E-state index is 8.03. The fourth-order valence-electron chi connectivity index (χ4n) is 6.63. The molecule has 0 aromatic carbocycles. The van der Waals surface area contributed by atoms with Gasteiger partial charge in [0.05, 0.1) is 0 Å². The summed E-state index contributed by atoms with van der Waals surface area (Å²) in [5, 5.41) is 8.03. The van der Waals surface area contributed by atoms with E-state index in [1.807, 2.05) is 0 Å². The zero-order valence-electron chi connectivity index (χ0n) is 13.6. The number of allylic oxidation sites excluding steroid dienone is 2. The van der Waals surface area contributed by atoms with Crippen molar-refractivity contribution < 1.29 is 0 Å². The van der Waals surface area contributed by atoms with E-state index in [1.165, 1.54) is 44.9 Å². The summed E-state index contributed by atoms with van der Waals surface area (Å²) in [5.74, 6) is 2.83. The smallest absolute Gasteiger partial charge is 0.0314 e. The normalized spacial score (nSPS) is 52.7. The van der Waals surface area contributed by atoms with Crippen molar-refractivity contribution in [1.29, 1.82) is 5.41 Å². The Morgan fingerprint density at radius 3 is 2.67 bits per heavy atom. The largest absolute Gasteiger partial charge is 0.305 e. The highest BCUT2D eigenvalue weighted by Gasteiger charge is 2.57. The van der Waals surface area contributed by atoms with Crippen LogP contribution >= 0.6 is 9.24 Å². The molecule has 0 radical (unpaired) electrons. The topological polar surface area (TPSA) is 23.9 Å². The van der Waals surface area contributed by atoms with Crippen molar-refractivity contribution in [1.82, 2.24) is 0 Å². The van der Waals surface area contributed by atoms with E-state index in [2.05, 4.69) is 29.2 Å². The summed E-state index contributed by atoms with van der Waals surface area (Å²) in [5.41, 5.74) is 4.39. The predicted octanol–water partition coefficient (Wildman–Crippen LogP) is 5.21. The molecule has 4 aliphatic carbocycles. The lowest BCUT2D eigenvalue weighted by molar-refractivity contribution is -0.0319. The van der Waals surface area contributed by atoms with E-state index in [9.17, 15) is 0 Å². The molecule has 2 heteroatoms. The third kappa shape index (κ3) is 1.89. The van der Waals surface area contributed by atoms with Gasteiger partial charge in [-0.15, -0.1) is 9.24 Å². The average Bonchev–Trinajstić information content (AvgIpc) is 2.76. The second-order valence-electron chi connectivity index (χ2n) is 8.76. The molecule has 0 aliphatic heterocycles. The van der Waals surface area contributed by atoms with Crippen LogP contribution in [0.1, 0.15) is 65.2 Å². The SMILES string of the molecule is CC12CCC(=N)C=C1CCC1C2CCC2(C)C(P)CCC12. The molecule has 7 atom stereocenters. The van der Waals surface area contributed by atoms with Gasteiger partial charge in [0, 0.05) is 5.71 Å². The van der Waals surface area contributed by atoms with Crippen molar-refractivity contribution in [3.05, 3.63) is 11.6 Å². The Bertz CT molecular complexity index is 510. The molecule has 3 fully saturated rings. The molecule has 4 rings (SSSR count). The number of hydrogen-bond donors (Lipinski definition) is 1. The van der Waals surface area contributed by atoms with Gasteiger partial charge in [-0.25, -0.2) is 0 Å². The minimum atomic E-state index is 0.424. The summed E-state index contributed by atoms with van der Waals surface area (Å²) < 4.78 is 0. The minimum Gasteiger partial charge on any atom is -0.305 e. The molecule has 21 heavy (non-hydrogen) atoms. The van der Waals surface area contributed by atoms with Crippen molar-refractivity contribution in [2.75, 3.05) is 0 Å². The van der Waals surface area contributed by atoms with Crippen LogP contribution < -0.4 is 0 Å². The Hall–Kier alpha value is -0.160. The minimum absolute atomic E-state index is 0.424.